The third kappa shape index (κ3) is 3.99. The van der Waals surface area contributed by atoms with Gasteiger partial charge in [-0.25, -0.2) is 4.98 Å². The standard InChI is InChI=1S/C16H17N5O2S2/c1-4-6-21-14(13-5-7-23-10(13)2)19-20-16(21)25-9-12-8-24-15(18-12)17-11(3)22/h4-5,7-8H,1,6,9H2,2-3H3,(H,17,18,22). The molecule has 0 atom stereocenters. The smallest absolute Gasteiger partial charge is 0.223 e. The predicted molar refractivity (Wildman–Crippen MR) is 98.6 cm³/mol. The lowest BCUT2D eigenvalue weighted by Gasteiger charge is -2.06. The van der Waals surface area contributed by atoms with E-state index < -0.39 is 0 Å². The number of nitrogens with zero attached hydrogens (tertiary/aromatic N) is 4. The monoisotopic (exact) mass is 375 g/mol. The Labute approximate surface area is 153 Å². The molecule has 3 aromatic heterocycles. The van der Waals surface area contributed by atoms with Crippen molar-refractivity contribution < 1.29 is 9.21 Å². The fourth-order valence-electron chi connectivity index (χ4n) is 2.23. The van der Waals surface area contributed by atoms with Crippen LogP contribution < -0.4 is 5.32 Å². The van der Waals surface area contributed by atoms with Gasteiger partial charge in [0, 0.05) is 24.6 Å². The molecule has 0 aliphatic carbocycles. The summed E-state index contributed by atoms with van der Waals surface area (Å²) in [6.07, 6.45) is 3.45. The Kier molecular flexibility index (Phi) is 5.34. The van der Waals surface area contributed by atoms with Crippen molar-refractivity contribution in [3.05, 3.63) is 41.8 Å². The molecule has 0 fully saturated rings. The van der Waals surface area contributed by atoms with Crippen LogP contribution in [0.25, 0.3) is 11.4 Å². The van der Waals surface area contributed by atoms with Gasteiger partial charge < -0.3 is 9.73 Å². The van der Waals surface area contributed by atoms with Gasteiger partial charge in [0.15, 0.2) is 16.1 Å². The molecule has 0 bridgehead atoms. The van der Waals surface area contributed by atoms with Crippen LogP contribution in [0.4, 0.5) is 5.13 Å². The fourth-order valence-corrected chi connectivity index (χ4v) is 3.93. The second kappa shape index (κ2) is 7.66. The van der Waals surface area contributed by atoms with Gasteiger partial charge >= 0.3 is 0 Å². The van der Waals surface area contributed by atoms with Crippen LogP contribution in [0.1, 0.15) is 18.4 Å². The van der Waals surface area contributed by atoms with Gasteiger partial charge in [-0.2, -0.15) is 0 Å². The Balaban J connectivity index is 1.77. The molecule has 3 heterocycles. The molecule has 0 saturated heterocycles. The molecule has 7 nitrogen and oxygen atoms in total. The van der Waals surface area contributed by atoms with E-state index in [-0.39, 0.29) is 5.91 Å². The first-order valence-corrected chi connectivity index (χ1v) is 9.38. The summed E-state index contributed by atoms with van der Waals surface area (Å²) in [5.74, 6) is 2.06. The summed E-state index contributed by atoms with van der Waals surface area (Å²) in [4.78, 5) is 15.5. The number of rotatable bonds is 7. The Morgan fingerprint density at radius 1 is 1.52 bits per heavy atom. The number of thiazole rings is 1. The Morgan fingerprint density at radius 2 is 2.36 bits per heavy atom. The van der Waals surface area contributed by atoms with Crippen LogP contribution in [-0.2, 0) is 17.1 Å². The number of thioether (sulfide) groups is 1. The fraction of sp³-hybridized carbons (Fsp3) is 0.250. The van der Waals surface area contributed by atoms with Crippen molar-refractivity contribution in [2.45, 2.75) is 31.3 Å². The first-order valence-electron chi connectivity index (χ1n) is 7.52. The molecule has 0 unspecified atom stereocenters. The van der Waals surface area contributed by atoms with Crippen molar-refractivity contribution in [2.75, 3.05) is 5.32 Å². The Hall–Kier alpha value is -2.39. The predicted octanol–water partition coefficient (Wildman–Crippen LogP) is 3.74. The maximum atomic E-state index is 11.1. The lowest BCUT2D eigenvalue weighted by Crippen LogP contribution is -2.05. The van der Waals surface area contributed by atoms with Gasteiger partial charge in [0.1, 0.15) is 5.76 Å². The number of anilines is 1. The average molecular weight is 375 g/mol. The van der Waals surface area contributed by atoms with Crippen LogP contribution in [0.5, 0.6) is 0 Å². The van der Waals surface area contributed by atoms with E-state index in [2.05, 4.69) is 27.1 Å². The highest BCUT2D eigenvalue weighted by Crippen LogP contribution is 2.29. The van der Waals surface area contributed by atoms with Gasteiger partial charge in [-0.1, -0.05) is 17.8 Å². The van der Waals surface area contributed by atoms with E-state index in [4.69, 9.17) is 4.42 Å². The lowest BCUT2D eigenvalue weighted by atomic mass is 10.2. The minimum Gasteiger partial charge on any atom is -0.469 e. The van der Waals surface area contributed by atoms with Crippen LogP contribution >= 0.6 is 23.1 Å². The summed E-state index contributed by atoms with van der Waals surface area (Å²) in [6.45, 7) is 7.77. The lowest BCUT2D eigenvalue weighted by molar-refractivity contribution is -0.114. The summed E-state index contributed by atoms with van der Waals surface area (Å²) in [5, 5.41) is 14.6. The van der Waals surface area contributed by atoms with Gasteiger partial charge in [-0.15, -0.1) is 28.1 Å². The van der Waals surface area contributed by atoms with E-state index in [9.17, 15) is 4.79 Å². The molecule has 1 N–H and O–H groups in total. The number of allylic oxidation sites excluding steroid dienone is 1. The largest absolute Gasteiger partial charge is 0.469 e. The van der Waals surface area contributed by atoms with Gasteiger partial charge in [-0.05, 0) is 13.0 Å². The summed E-state index contributed by atoms with van der Waals surface area (Å²) < 4.78 is 7.36. The summed E-state index contributed by atoms with van der Waals surface area (Å²) in [5.41, 5.74) is 1.80. The molecule has 25 heavy (non-hydrogen) atoms. The summed E-state index contributed by atoms with van der Waals surface area (Å²) in [7, 11) is 0. The first-order chi connectivity index (χ1) is 12.1. The van der Waals surface area contributed by atoms with E-state index >= 15 is 0 Å². The van der Waals surface area contributed by atoms with Gasteiger partial charge in [-0.3, -0.25) is 9.36 Å². The second-order valence-electron chi connectivity index (χ2n) is 5.21. The van der Waals surface area contributed by atoms with Crippen molar-refractivity contribution in [2.24, 2.45) is 0 Å². The van der Waals surface area contributed by atoms with Gasteiger partial charge in [0.05, 0.1) is 17.5 Å². The van der Waals surface area contributed by atoms with Crippen molar-refractivity contribution in [3.8, 4) is 11.4 Å². The molecule has 0 aliphatic heterocycles. The highest BCUT2D eigenvalue weighted by molar-refractivity contribution is 7.98. The Bertz CT molecular complexity index is 896. The van der Waals surface area contributed by atoms with E-state index in [1.165, 1.54) is 30.0 Å². The van der Waals surface area contributed by atoms with Gasteiger partial charge in [0.25, 0.3) is 0 Å². The van der Waals surface area contributed by atoms with Crippen LogP contribution in [0.2, 0.25) is 0 Å². The molecule has 1 amide bonds. The van der Waals surface area contributed by atoms with Crippen molar-refractivity contribution in [3.63, 3.8) is 0 Å². The molecule has 130 valence electrons. The number of aryl methyl sites for hydroxylation is 1. The molecule has 0 radical (unpaired) electrons. The first kappa shape index (κ1) is 17.4. The summed E-state index contributed by atoms with van der Waals surface area (Å²) in [6, 6.07) is 1.88. The molecular formula is C16H17N5O2S2. The summed E-state index contributed by atoms with van der Waals surface area (Å²) >= 11 is 2.94. The average Bonchev–Trinajstić information content (AvgIpc) is 3.26. The molecule has 0 aliphatic rings. The normalized spacial score (nSPS) is 10.8. The molecule has 3 aromatic rings. The Morgan fingerprint density at radius 3 is 3.04 bits per heavy atom. The number of carbonyl (C=O) groups is 1. The van der Waals surface area contributed by atoms with E-state index in [0.717, 1.165) is 28.0 Å². The van der Waals surface area contributed by atoms with E-state index in [1.54, 1.807) is 6.26 Å². The highest BCUT2D eigenvalue weighted by Gasteiger charge is 2.17. The number of hydrogen-bond donors (Lipinski definition) is 1. The van der Waals surface area contributed by atoms with E-state index in [1.807, 2.05) is 29.0 Å². The number of furan rings is 1. The number of nitrogens with one attached hydrogen (secondary N) is 1. The molecule has 9 heteroatoms. The minimum atomic E-state index is -0.126. The quantitative estimate of drug-likeness (QED) is 0.500. The number of carbonyl (C=O) groups excluding carboxylic acids is 1. The van der Waals surface area contributed by atoms with Gasteiger partial charge in [0.2, 0.25) is 5.91 Å². The minimum absolute atomic E-state index is 0.126. The molecule has 0 saturated carbocycles. The topological polar surface area (TPSA) is 85.8 Å². The number of amides is 1. The van der Waals surface area contributed by atoms with Crippen LogP contribution in [0.15, 0.2) is 39.9 Å². The molecular weight excluding hydrogens is 358 g/mol. The zero-order chi connectivity index (χ0) is 17.8. The zero-order valence-electron chi connectivity index (χ0n) is 13.9. The van der Waals surface area contributed by atoms with E-state index in [0.29, 0.717) is 17.4 Å². The second-order valence-corrected chi connectivity index (χ2v) is 7.01. The maximum absolute atomic E-state index is 11.1. The van der Waals surface area contributed by atoms with Crippen LogP contribution in [0.3, 0.4) is 0 Å². The number of hydrogen-bond acceptors (Lipinski definition) is 7. The number of aromatic nitrogens is 4. The molecule has 3 rings (SSSR count). The van der Waals surface area contributed by atoms with Crippen LogP contribution in [-0.4, -0.2) is 25.7 Å². The molecule has 0 aromatic carbocycles. The zero-order valence-corrected chi connectivity index (χ0v) is 15.5. The van der Waals surface area contributed by atoms with Crippen LogP contribution in [0, 0.1) is 6.92 Å². The van der Waals surface area contributed by atoms with Crippen molar-refractivity contribution in [1.29, 1.82) is 0 Å². The third-order valence-electron chi connectivity index (χ3n) is 3.31. The molecule has 0 spiro atoms. The van der Waals surface area contributed by atoms with Crippen molar-refractivity contribution >= 4 is 34.1 Å². The highest BCUT2D eigenvalue weighted by atomic mass is 32.2. The van der Waals surface area contributed by atoms with Crippen molar-refractivity contribution in [1.82, 2.24) is 19.7 Å². The SMILES string of the molecule is C=CCn1c(SCc2csc(NC(C)=O)n2)nnc1-c1ccoc1C. The maximum Gasteiger partial charge on any atom is 0.223 e. The third-order valence-corrected chi connectivity index (χ3v) is 5.12.